The van der Waals surface area contributed by atoms with E-state index in [1.807, 2.05) is 38.1 Å². The first-order chi connectivity index (χ1) is 14.0. The van der Waals surface area contributed by atoms with Crippen molar-refractivity contribution >= 4 is 23.0 Å². The van der Waals surface area contributed by atoms with Crippen molar-refractivity contribution < 1.29 is 14.0 Å². The van der Waals surface area contributed by atoms with Crippen LogP contribution in [0.3, 0.4) is 0 Å². The molecule has 0 saturated heterocycles. The number of carbonyl (C=O) groups excluding carboxylic acids is 2. The summed E-state index contributed by atoms with van der Waals surface area (Å²) >= 11 is 0. The van der Waals surface area contributed by atoms with Gasteiger partial charge in [-0.3, -0.25) is 4.79 Å². The normalized spacial score (nSPS) is 11.8. The molecule has 3 rings (SSSR count). The van der Waals surface area contributed by atoms with Gasteiger partial charge in [0.15, 0.2) is 0 Å². The van der Waals surface area contributed by atoms with Gasteiger partial charge < -0.3 is 20.5 Å². The van der Waals surface area contributed by atoms with Gasteiger partial charge in [-0.25, -0.2) is 14.2 Å². The molecule has 29 heavy (non-hydrogen) atoms. The number of hydrogen-bond donors (Lipinski definition) is 3. The van der Waals surface area contributed by atoms with Gasteiger partial charge in [0.1, 0.15) is 11.6 Å². The van der Waals surface area contributed by atoms with E-state index in [1.54, 1.807) is 12.1 Å². The molecule has 3 aromatic rings. The van der Waals surface area contributed by atoms with Crippen LogP contribution in [-0.4, -0.2) is 28.0 Å². The summed E-state index contributed by atoms with van der Waals surface area (Å²) < 4.78 is 14.9. The molecule has 1 aromatic heterocycles. The van der Waals surface area contributed by atoms with Crippen LogP contribution in [0.15, 0.2) is 48.5 Å². The number of rotatable bonds is 7. The highest BCUT2D eigenvalue weighted by Crippen LogP contribution is 2.20. The fraction of sp³-hybridized carbons (Fsp3) is 0.286. The van der Waals surface area contributed by atoms with Gasteiger partial charge in [-0.15, -0.1) is 0 Å². The van der Waals surface area contributed by atoms with Crippen LogP contribution in [-0.2, 0) is 17.9 Å². The minimum atomic E-state index is -0.474. The number of nitrogens with zero attached hydrogens (tertiary/aromatic N) is 2. The van der Waals surface area contributed by atoms with E-state index in [-0.39, 0.29) is 30.9 Å². The van der Waals surface area contributed by atoms with E-state index in [1.165, 1.54) is 12.1 Å². The van der Waals surface area contributed by atoms with E-state index in [9.17, 15) is 14.0 Å². The fourth-order valence-corrected chi connectivity index (χ4v) is 3.12. The molecule has 1 heterocycles. The zero-order valence-corrected chi connectivity index (χ0v) is 16.4. The number of halogens is 1. The third-order valence-corrected chi connectivity index (χ3v) is 4.54. The summed E-state index contributed by atoms with van der Waals surface area (Å²) in [5.41, 5.74) is 2.66. The maximum Gasteiger partial charge on any atom is 0.315 e. The second kappa shape index (κ2) is 9.18. The Morgan fingerprint density at radius 1 is 1.10 bits per heavy atom. The number of para-hydroxylation sites is 2. The minimum absolute atomic E-state index is 0.161. The van der Waals surface area contributed by atoms with E-state index >= 15 is 0 Å². The zero-order chi connectivity index (χ0) is 20.8. The first-order valence-electron chi connectivity index (χ1n) is 9.48. The van der Waals surface area contributed by atoms with Gasteiger partial charge in [-0.1, -0.05) is 24.3 Å². The summed E-state index contributed by atoms with van der Waals surface area (Å²) in [5, 5.41) is 8.00. The van der Waals surface area contributed by atoms with Gasteiger partial charge in [-0.05, 0) is 43.7 Å². The summed E-state index contributed by atoms with van der Waals surface area (Å²) in [4.78, 5) is 28.7. The Bertz CT molecular complexity index is 1000. The molecule has 2 aromatic carbocycles. The molecule has 1 atom stereocenters. The number of fused-ring (bicyclic) bond motifs is 1. The molecule has 0 saturated carbocycles. The highest BCUT2D eigenvalue weighted by molar-refractivity contribution is 5.84. The Hall–Kier alpha value is -3.42. The highest BCUT2D eigenvalue weighted by Gasteiger charge is 2.17. The van der Waals surface area contributed by atoms with Crippen molar-refractivity contribution in [3.8, 4) is 0 Å². The van der Waals surface area contributed by atoms with Crippen LogP contribution in [0.5, 0.6) is 0 Å². The summed E-state index contributed by atoms with van der Waals surface area (Å²) in [5.74, 6) is 0.118. The third kappa shape index (κ3) is 5.10. The number of hydrogen-bond acceptors (Lipinski definition) is 3. The molecular weight excluding hydrogens is 373 g/mol. The van der Waals surface area contributed by atoms with Crippen LogP contribution >= 0.6 is 0 Å². The van der Waals surface area contributed by atoms with E-state index in [0.29, 0.717) is 0 Å². The lowest BCUT2D eigenvalue weighted by Gasteiger charge is -2.15. The molecule has 0 aliphatic carbocycles. The molecule has 152 valence electrons. The van der Waals surface area contributed by atoms with Crippen molar-refractivity contribution in [2.75, 3.05) is 6.54 Å². The Kier molecular flexibility index (Phi) is 6.43. The number of urea groups is 1. The molecule has 7 nitrogen and oxygen atoms in total. The Labute approximate surface area is 168 Å². The number of imidazole rings is 1. The van der Waals surface area contributed by atoms with Gasteiger partial charge in [-0.2, -0.15) is 0 Å². The number of amides is 3. The Morgan fingerprint density at radius 2 is 1.83 bits per heavy atom. The molecule has 0 fully saturated rings. The van der Waals surface area contributed by atoms with Gasteiger partial charge >= 0.3 is 6.03 Å². The van der Waals surface area contributed by atoms with Crippen LogP contribution in [0.1, 0.15) is 31.3 Å². The van der Waals surface area contributed by atoms with Crippen molar-refractivity contribution in [2.24, 2.45) is 0 Å². The lowest BCUT2D eigenvalue weighted by atomic mass is 10.2. The SMILES string of the molecule is CCn1c(C(C)NC(=O)CNC(=O)NCc2ccc(F)cc2)nc2ccccc21. The molecule has 1 unspecified atom stereocenters. The number of benzene rings is 2. The molecule has 3 amide bonds. The van der Waals surface area contributed by atoms with E-state index < -0.39 is 6.03 Å². The van der Waals surface area contributed by atoms with Crippen molar-refractivity contribution in [3.05, 3.63) is 65.7 Å². The fourth-order valence-electron chi connectivity index (χ4n) is 3.12. The summed E-state index contributed by atoms with van der Waals surface area (Å²) in [6.45, 7) is 4.70. The average molecular weight is 397 g/mol. The average Bonchev–Trinajstić information content (AvgIpc) is 3.10. The lowest BCUT2D eigenvalue weighted by Crippen LogP contribution is -2.42. The van der Waals surface area contributed by atoms with Gasteiger partial charge in [0.2, 0.25) is 5.91 Å². The topological polar surface area (TPSA) is 88.0 Å². The van der Waals surface area contributed by atoms with Crippen LogP contribution in [0.25, 0.3) is 11.0 Å². The molecule has 8 heteroatoms. The first kappa shape index (κ1) is 20.3. The number of aromatic nitrogens is 2. The largest absolute Gasteiger partial charge is 0.345 e. The van der Waals surface area contributed by atoms with Gasteiger partial charge in [0.25, 0.3) is 0 Å². The van der Waals surface area contributed by atoms with E-state index in [0.717, 1.165) is 29.0 Å². The van der Waals surface area contributed by atoms with Crippen LogP contribution in [0.2, 0.25) is 0 Å². The predicted molar refractivity (Wildman–Crippen MR) is 109 cm³/mol. The third-order valence-electron chi connectivity index (χ3n) is 4.54. The Balaban J connectivity index is 1.50. The second-order valence-electron chi connectivity index (χ2n) is 6.65. The Morgan fingerprint density at radius 3 is 2.55 bits per heavy atom. The quantitative estimate of drug-likeness (QED) is 0.573. The minimum Gasteiger partial charge on any atom is -0.345 e. The second-order valence-corrected chi connectivity index (χ2v) is 6.65. The molecular formula is C21H24FN5O2. The monoisotopic (exact) mass is 397 g/mol. The molecule has 0 aliphatic rings. The smallest absolute Gasteiger partial charge is 0.315 e. The van der Waals surface area contributed by atoms with Crippen molar-refractivity contribution in [1.29, 1.82) is 0 Å². The molecule has 0 aliphatic heterocycles. The van der Waals surface area contributed by atoms with Crippen molar-refractivity contribution in [3.63, 3.8) is 0 Å². The number of nitrogens with one attached hydrogen (secondary N) is 3. The predicted octanol–water partition coefficient (Wildman–Crippen LogP) is 2.87. The first-order valence-corrected chi connectivity index (χ1v) is 9.48. The molecule has 0 radical (unpaired) electrons. The number of aryl methyl sites for hydroxylation is 1. The van der Waals surface area contributed by atoms with Gasteiger partial charge in [0, 0.05) is 13.1 Å². The highest BCUT2D eigenvalue weighted by atomic mass is 19.1. The summed E-state index contributed by atoms with van der Waals surface area (Å²) in [6, 6.07) is 12.9. The maximum atomic E-state index is 12.9. The van der Waals surface area contributed by atoms with E-state index in [2.05, 4.69) is 25.5 Å². The maximum absolute atomic E-state index is 12.9. The summed E-state index contributed by atoms with van der Waals surface area (Å²) in [7, 11) is 0. The standard InChI is InChI=1S/C21H24FN5O2/c1-3-27-18-7-5-4-6-17(18)26-20(27)14(2)25-19(28)13-24-21(29)23-12-15-8-10-16(22)11-9-15/h4-11,14H,3,12-13H2,1-2H3,(H,25,28)(H2,23,24,29). The van der Waals surface area contributed by atoms with Crippen molar-refractivity contribution in [2.45, 2.75) is 33.0 Å². The van der Waals surface area contributed by atoms with Crippen LogP contribution < -0.4 is 16.0 Å². The molecule has 0 bridgehead atoms. The van der Waals surface area contributed by atoms with Crippen molar-refractivity contribution in [1.82, 2.24) is 25.5 Å². The number of carbonyl (C=O) groups is 2. The van der Waals surface area contributed by atoms with Crippen LogP contribution in [0.4, 0.5) is 9.18 Å². The van der Waals surface area contributed by atoms with Gasteiger partial charge in [0.05, 0.1) is 23.6 Å². The molecule has 3 N–H and O–H groups in total. The summed E-state index contributed by atoms with van der Waals surface area (Å²) in [6.07, 6.45) is 0. The lowest BCUT2D eigenvalue weighted by molar-refractivity contribution is -0.120. The van der Waals surface area contributed by atoms with Crippen LogP contribution in [0, 0.1) is 5.82 Å². The molecule has 0 spiro atoms. The van der Waals surface area contributed by atoms with E-state index in [4.69, 9.17) is 0 Å². The zero-order valence-electron chi connectivity index (χ0n) is 16.4.